The molecular weight excluding hydrogens is 212 g/mol. The van der Waals surface area contributed by atoms with Crippen LogP contribution in [0.25, 0.3) is 0 Å². The molecule has 88 valence electrons. The van der Waals surface area contributed by atoms with E-state index in [9.17, 15) is 9.90 Å². The van der Waals surface area contributed by atoms with Gasteiger partial charge in [0.05, 0.1) is 12.2 Å². The smallest absolute Gasteiger partial charge is 0.333 e. The van der Waals surface area contributed by atoms with E-state index in [1.165, 1.54) is 0 Å². The van der Waals surface area contributed by atoms with E-state index in [1.807, 2.05) is 0 Å². The van der Waals surface area contributed by atoms with Gasteiger partial charge in [0.2, 0.25) is 0 Å². The van der Waals surface area contributed by atoms with Gasteiger partial charge < -0.3 is 19.3 Å². The highest BCUT2D eigenvalue weighted by Gasteiger charge is 2.63. The summed E-state index contributed by atoms with van der Waals surface area (Å²) in [5, 5.41) is 9.60. The number of rotatable bonds is 2. The molecule has 3 rings (SSSR count). The lowest BCUT2D eigenvalue weighted by atomic mass is 9.88. The number of carbonyl (C=O) groups excluding carboxylic acids is 1. The largest absolute Gasteiger partial charge is 0.453 e. The molecule has 0 radical (unpaired) electrons. The van der Waals surface area contributed by atoms with E-state index in [4.69, 9.17) is 14.2 Å². The number of esters is 1. The number of aliphatic hydroxyl groups excluding tert-OH is 1. The van der Waals surface area contributed by atoms with E-state index in [0.29, 0.717) is 12.0 Å². The summed E-state index contributed by atoms with van der Waals surface area (Å²) < 4.78 is 16.3. The molecule has 1 N–H and O–H groups in total. The highest BCUT2D eigenvalue weighted by molar-refractivity contribution is 5.87. The van der Waals surface area contributed by atoms with Crippen molar-refractivity contribution in [3.05, 3.63) is 12.2 Å². The SMILES string of the molecule is C=C(C)C(=O)OC1C2CC3C(O)OC1C3O2. The van der Waals surface area contributed by atoms with Crippen molar-refractivity contribution in [2.24, 2.45) is 5.92 Å². The third kappa shape index (κ3) is 1.25. The lowest BCUT2D eigenvalue weighted by Crippen LogP contribution is -2.40. The van der Waals surface area contributed by atoms with Crippen LogP contribution in [0.1, 0.15) is 13.3 Å². The van der Waals surface area contributed by atoms with Crippen LogP contribution in [-0.2, 0) is 19.0 Å². The predicted molar refractivity (Wildman–Crippen MR) is 52.3 cm³/mol. The number of hydrogen-bond donors (Lipinski definition) is 1. The minimum absolute atomic E-state index is 0.0368. The summed E-state index contributed by atoms with van der Waals surface area (Å²) in [6.07, 6.45) is -1.07. The molecule has 16 heavy (non-hydrogen) atoms. The maximum Gasteiger partial charge on any atom is 0.333 e. The molecule has 0 aromatic heterocycles. The molecule has 3 heterocycles. The van der Waals surface area contributed by atoms with Gasteiger partial charge in [-0.05, 0) is 13.3 Å². The summed E-state index contributed by atoms with van der Waals surface area (Å²) in [4.78, 5) is 11.4. The molecule has 0 amide bonds. The van der Waals surface area contributed by atoms with Crippen LogP contribution in [0.2, 0.25) is 0 Å². The van der Waals surface area contributed by atoms with E-state index in [-0.39, 0.29) is 24.2 Å². The quantitative estimate of drug-likeness (QED) is 0.529. The van der Waals surface area contributed by atoms with Crippen molar-refractivity contribution in [1.82, 2.24) is 0 Å². The molecular formula is C11H14O5. The number of carbonyl (C=O) groups is 1. The van der Waals surface area contributed by atoms with Crippen molar-refractivity contribution in [2.45, 2.75) is 44.1 Å². The average Bonchev–Trinajstić information content (AvgIpc) is 2.81. The van der Waals surface area contributed by atoms with E-state index in [1.54, 1.807) is 6.92 Å². The molecule has 0 saturated carbocycles. The topological polar surface area (TPSA) is 65.0 Å². The van der Waals surface area contributed by atoms with Gasteiger partial charge in [-0.1, -0.05) is 6.58 Å². The Labute approximate surface area is 93.0 Å². The predicted octanol–water partition coefficient (Wildman–Crippen LogP) is -0.0212. The second kappa shape index (κ2) is 3.29. The maximum atomic E-state index is 11.4. The summed E-state index contributed by atoms with van der Waals surface area (Å²) in [6, 6.07) is 0. The Bertz CT molecular complexity index is 352. The van der Waals surface area contributed by atoms with Gasteiger partial charge in [-0.25, -0.2) is 4.79 Å². The molecule has 5 heteroatoms. The monoisotopic (exact) mass is 226 g/mol. The summed E-state index contributed by atoms with van der Waals surface area (Å²) in [5.41, 5.74) is 0.359. The van der Waals surface area contributed by atoms with Crippen LogP contribution in [-0.4, -0.2) is 41.8 Å². The Morgan fingerprint density at radius 2 is 2.19 bits per heavy atom. The number of aliphatic hydroxyl groups is 1. The third-order valence-corrected chi connectivity index (χ3v) is 3.53. The van der Waals surface area contributed by atoms with Crippen LogP contribution in [0.15, 0.2) is 12.2 Å². The highest BCUT2D eigenvalue weighted by atomic mass is 16.7. The molecule has 3 aliphatic heterocycles. The first kappa shape index (κ1) is 10.3. The standard InChI is InChI=1S/C11H14O5/c1-4(2)10(12)15-8-6-3-5-7(14-6)9(8)16-11(5)13/h5-9,11,13H,1,3H2,2H3. The Kier molecular flexibility index (Phi) is 2.11. The number of hydrogen-bond acceptors (Lipinski definition) is 5. The minimum Gasteiger partial charge on any atom is -0.453 e. The Balaban J connectivity index is 1.75. The molecule has 6 atom stereocenters. The van der Waals surface area contributed by atoms with Gasteiger partial charge >= 0.3 is 5.97 Å². The van der Waals surface area contributed by atoms with E-state index < -0.39 is 18.4 Å². The van der Waals surface area contributed by atoms with Crippen LogP contribution < -0.4 is 0 Å². The van der Waals surface area contributed by atoms with Gasteiger partial charge in [0, 0.05) is 11.5 Å². The van der Waals surface area contributed by atoms with Gasteiger partial charge in [0.15, 0.2) is 12.4 Å². The van der Waals surface area contributed by atoms with Gasteiger partial charge in [-0.15, -0.1) is 0 Å². The van der Waals surface area contributed by atoms with E-state index in [0.717, 1.165) is 0 Å². The van der Waals surface area contributed by atoms with Crippen molar-refractivity contribution in [2.75, 3.05) is 0 Å². The van der Waals surface area contributed by atoms with Gasteiger partial charge in [-0.2, -0.15) is 0 Å². The molecule has 3 saturated heterocycles. The Morgan fingerprint density at radius 3 is 2.88 bits per heavy atom. The molecule has 3 aliphatic rings. The lowest BCUT2D eigenvalue weighted by Gasteiger charge is -2.22. The van der Waals surface area contributed by atoms with Crippen LogP contribution >= 0.6 is 0 Å². The summed E-state index contributed by atoms with van der Waals surface area (Å²) in [7, 11) is 0. The van der Waals surface area contributed by atoms with Crippen LogP contribution in [0.4, 0.5) is 0 Å². The number of ether oxygens (including phenoxy) is 3. The first-order valence-electron chi connectivity index (χ1n) is 5.43. The van der Waals surface area contributed by atoms with Crippen LogP contribution in [0, 0.1) is 5.92 Å². The van der Waals surface area contributed by atoms with Crippen molar-refractivity contribution in [3.63, 3.8) is 0 Å². The molecule has 2 bridgehead atoms. The van der Waals surface area contributed by atoms with Crippen molar-refractivity contribution in [1.29, 1.82) is 0 Å². The second-order valence-corrected chi connectivity index (χ2v) is 4.68. The fourth-order valence-corrected chi connectivity index (χ4v) is 2.75. The summed E-state index contributed by atoms with van der Waals surface area (Å²) in [6.45, 7) is 5.13. The van der Waals surface area contributed by atoms with Gasteiger partial charge in [0.1, 0.15) is 6.10 Å². The second-order valence-electron chi connectivity index (χ2n) is 4.68. The molecule has 5 nitrogen and oxygen atoms in total. The zero-order valence-electron chi connectivity index (χ0n) is 8.96. The fraction of sp³-hybridized carbons (Fsp3) is 0.727. The molecule has 0 aromatic carbocycles. The van der Waals surface area contributed by atoms with E-state index >= 15 is 0 Å². The fourth-order valence-electron chi connectivity index (χ4n) is 2.75. The maximum absolute atomic E-state index is 11.4. The van der Waals surface area contributed by atoms with Crippen LogP contribution in [0.5, 0.6) is 0 Å². The van der Waals surface area contributed by atoms with Gasteiger partial charge in [0.25, 0.3) is 0 Å². The van der Waals surface area contributed by atoms with Crippen molar-refractivity contribution >= 4 is 5.97 Å². The van der Waals surface area contributed by atoms with E-state index in [2.05, 4.69) is 6.58 Å². The third-order valence-electron chi connectivity index (χ3n) is 3.53. The summed E-state index contributed by atoms with van der Waals surface area (Å²) >= 11 is 0. The molecule has 3 fully saturated rings. The molecule has 0 spiro atoms. The summed E-state index contributed by atoms with van der Waals surface area (Å²) in [5.74, 6) is -0.391. The number of fused-ring (bicyclic) bond motifs is 1. The highest BCUT2D eigenvalue weighted by Crippen LogP contribution is 2.49. The lowest BCUT2D eigenvalue weighted by molar-refractivity contribution is -0.159. The zero-order valence-corrected chi connectivity index (χ0v) is 8.96. The average molecular weight is 226 g/mol. The van der Waals surface area contributed by atoms with Crippen molar-refractivity contribution in [3.8, 4) is 0 Å². The first-order valence-corrected chi connectivity index (χ1v) is 5.43. The van der Waals surface area contributed by atoms with Gasteiger partial charge in [-0.3, -0.25) is 0 Å². The minimum atomic E-state index is -0.784. The normalized spacial score (nSPS) is 48.4. The molecule has 6 unspecified atom stereocenters. The Morgan fingerprint density at radius 1 is 1.44 bits per heavy atom. The first-order chi connectivity index (χ1) is 7.58. The Hall–Kier alpha value is -0.910. The molecule has 0 aliphatic carbocycles. The zero-order chi connectivity index (χ0) is 11.4. The van der Waals surface area contributed by atoms with Crippen LogP contribution in [0.3, 0.4) is 0 Å². The molecule has 0 aromatic rings. The van der Waals surface area contributed by atoms with Crippen molar-refractivity contribution < 1.29 is 24.1 Å².